The van der Waals surface area contributed by atoms with Crippen LogP contribution in [0, 0.1) is 0 Å². The molecule has 1 aromatic heterocycles. The van der Waals surface area contributed by atoms with Crippen LogP contribution in [0.15, 0.2) is 66.7 Å². The zero-order valence-corrected chi connectivity index (χ0v) is 17.5. The number of hydrogen-bond acceptors (Lipinski definition) is 3. The van der Waals surface area contributed by atoms with Gasteiger partial charge in [-0.05, 0) is 65.6 Å². The Morgan fingerprint density at radius 1 is 1.00 bits per heavy atom. The van der Waals surface area contributed by atoms with Gasteiger partial charge in [-0.3, -0.25) is 0 Å². The van der Waals surface area contributed by atoms with Gasteiger partial charge in [-0.2, -0.15) is 0 Å². The van der Waals surface area contributed by atoms with Gasteiger partial charge in [-0.25, -0.2) is 0 Å². The number of nitrogens with one attached hydrogen (secondary N) is 2. The number of methoxy groups -OCH3 is 1. The number of hydrogen-bond donors (Lipinski definition) is 2. The monoisotopic (exact) mass is 418 g/mol. The Morgan fingerprint density at radius 2 is 1.87 bits per heavy atom. The van der Waals surface area contributed by atoms with Crippen LogP contribution >= 0.6 is 11.6 Å². The molecule has 1 aliphatic rings. The van der Waals surface area contributed by atoms with E-state index in [0.717, 1.165) is 40.6 Å². The van der Waals surface area contributed by atoms with E-state index < -0.39 is 0 Å². The van der Waals surface area contributed by atoms with Gasteiger partial charge in [-0.1, -0.05) is 35.9 Å². The van der Waals surface area contributed by atoms with E-state index in [9.17, 15) is 0 Å². The average Bonchev–Trinajstić information content (AvgIpc) is 3.17. The molecule has 0 amide bonds. The molecular weight excluding hydrogens is 396 g/mol. The molecule has 0 saturated carbocycles. The van der Waals surface area contributed by atoms with Crippen LogP contribution in [-0.2, 0) is 13.0 Å². The summed E-state index contributed by atoms with van der Waals surface area (Å²) in [6.07, 6.45) is 0.992. The van der Waals surface area contributed by atoms with E-state index in [1.54, 1.807) is 7.11 Å². The Bertz CT molecular complexity index is 1180. The molecule has 3 aromatic carbocycles. The third-order valence-electron chi connectivity index (χ3n) is 5.67. The lowest BCUT2D eigenvalue weighted by Crippen LogP contribution is -2.30. The van der Waals surface area contributed by atoms with Gasteiger partial charge in [0.05, 0.1) is 13.2 Å². The molecule has 2 heterocycles. The Balaban J connectivity index is 1.42. The fourth-order valence-electron chi connectivity index (χ4n) is 4.15. The molecule has 5 rings (SSSR count). The normalized spacial score (nSPS) is 15.7. The van der Waals surface area contributed by atoms with E-state index >= 15 is 0 Å². The summed E-state index contributed by atoms with van der Waals surface area (Å²) in [5, 5.41) is 5.63. The molecule has 5 heteroatoms. The van der Waals surface area contributed by atoms with E-state index in [0.29, 0.717) is 6.61 Å². The molecule has 152 valence electrons. The van der Waals surface area contributed by atoms with Gasteiger partial charge >= 0.3 is 0 Å². The number of halogens is 1. The molecule has 0 bridgehead atoms. The lowest BCUT2D eigenvalue weighted by molar-refractivity contribution is 0.305. The first-order chi connectivity index (χ1) is 14.7. The highest BCUT2D eigenvalue weighted by Gasteiger charge is 2.25. The fourth-order valence-corrected chi connectivity index (χ4v) is 4.28. The summed E-state index contributed by atoms with van der Waals surface area (Å²) in [4.78, 5) is 3.63. The molecule has 0 aliphatic carbocycles. The standard InChI is InChI=1S/C25H23ClN2O2/c1-29-19-9-10-23-22(14-19)21-11-12-27-24(25(21)28-23)17-3-2-4-20(13-17)30-15-16-5-7-18(26)8-6-16/h2-10,13-14,24,27-28H,11-12,15H2,1H3. The van der Waals surface area contributed by atoms with Crippen molar-refractivity contribution in [2.45, 2.75) is 19.1 Å². The third-order valence-corrected chi connectivity index (χ3v) is 5.92. The van der Waals surface area contributed by atoms with Gasteiger partial charge in [0.1, 0.15) is 18.1 Å². The maximum Gasteiger partial charge on any atom is 0.120 e. The van der Waals surface area contributed by atoms with Gasteiger partial charge < -0.3 is 19.8 Å². The lowest BCUT2D eigenvalue weighted by atomic mass is 9.94. The predicted octanol–water partition coefficient (Wildman–Crippen LogP) is 5.64. The van der Waals surface area contributed by atoms with E-state index in [1.165, 1.54) is 22.2 Å². The summed E-state index contributed by atoms with van der Waals surface area (Å²) < 4.78 is 11.5. The summed E-state index contributed by atoms with van der Waals surface area (Å²) in [7, 11) is 1.71. The van der Waals surface area contributed by atoms with Crippen molar-refractivity contribution in [3.05, 3.63) is 94.1 Å². The number of H-pyrrole nitrogens is 1. The number of aromatic nitrogens is 1. The number of benzene rings is 3. The highest BCUT2D eigenvalue weighted by molar-refractivity contribution is 6.30. The van der Waals surface area contributed by atoms with E-state index in [4.69, 9.17) is 21.1 Å². The van der Waals surface area contributed by atoms with Crippen molar-refractivity contribution < 1.29 is 9.47 Å². The zero-order chi connectivity index (χ0) is 20.5. The number of rotatable bonds is 5. The van der Waals surface area contributed by atoms with E-state index in [2.05, 4.69) is 34.6 Å². The van der Waals surface area contributed by atoms with Crippen LogP contribution < -0.4 is 14.8 Å². The lowest BCUT2D eigenvalue weighted by Gasteiger charge is -2.25. The van der Waals surface area contributed by atoms with Crippen LogP contribution in [0.25, 0.3) is 10.9 Å². The Morgan fingerprint density at radius 3 is 2.70 bits per heavy atom. The third kappa shape index (κ3) is 3.64. The van der Waals surface area contributed by atoms with Gasteiger partial charge in [0.15, 0.2) is 0 Å². The molecular formula is C25H23ClN2O2. The number of ether oxygens (including phenoxy) is 2. The second-order valence-corrected chi connectivity index (χ2v) is 7.99. The number of aromatic amines is 1. The molecule has 0 radical (unpaired) electrons. The summed E-state index contributed by atoms with van der Waals surface area (Å²) in [6.45, 7) is 1.44. The largest absolute Gasteiger partial charge is 0.497 e. The minimum absolute atomic E-state index is 0.103. The molecule has 0 fully saturated rings. The van der Waals surface area contributed by atoms with Crippen LogP contribution in [0.4, 0.5) is 0 Å². The summed E-state index contributed by atoms with van der Waals surface area (Å²) in [5.74, 6) is 1.74. The van der Waals surface area contributed by atoms with Gasteiger partial charge in [0, 0.05) is 28.2 Å². The molecule has 4 aromatic rings. The first kappa shape index (κ1) is 19.0. The molecule has 1 aliphatic heterocycles. The average molecular weight is 419 g/mol. The van der Waals surface area contributed by atoms with E-state index in [1.807, 2.05) is 42.5 Å². The summed E-state index contributed by atoms with van der Waals surface area (Å²) >= 11 is 5.97. The van der Waals surface area contributed by atoms with Crippen LogP contribution in [0.3, 0.4) is 0 Å². The van der Waals surface area contributed by atoms with Crippen LogP contribution in [0.2, 0.25) is 5.02 Å². The second kappa shape index (κ2) is 8.05. The van der Waals surface area contributed by atoms with Crippen molar-refractivity contribution in [2.75, 3.05) is 13.7 Å². The molecule has 0 saturated heterocycles. The van der Waals surface area contributed by atoms with Crippen LogP contribution in [0.1, 0.15) is 28.4 Å². The van der Waals surface area contributed by atoms with Crippen molar-refractivity contribution in [2.24, 2.45) is 0 Å². The Kier molecular flexibility index (Phi) is 5.11. The van der Waals surface area contributed by atoms with Crippen LogP contribution in [-0.4, -0.2) is 18.6 Å². The maximum atomic E-state index is 6.04. The first-order valence-corrected chi connectivity index (χ1v) is 10.5. The van der Waals surface area contributed by atoms with Crippen molar-refractivity contribution in [1.29, 1.82) is 0 Å². The summed E-state index contributed by atoms with van der Waals surface area (Å²) in [5.41, 5.74) is 6.00. The van der Waals surface area contributed by atoms with Crippen molar-refractivity contribution in [1.82, 2.24) is 10.3 Å². The first-order valence-electron chi connectivity index (χ1n) is 10.1. The highest BCUT2D eigenvalue weighted by Crippen LogP contribution is 2.35. The molecule has 0 spiro atoms. The quantitative estimate of drug-likeness (QED) is 0.440. The van der Waals surface area contributed by atoms with Crippen LogP contribution in [0.5, 0.6) is 11.5 Å². The Labute approximate surface area is 180 Å². The SMILES string of the molecule is COc1ccc2[nH]c3c(c2c1)CCNC3c1cccc(OCc2ccc(Cl)cc2)c1. The van der Waals surface area contributed by atoms with Crippen molar-refractivity contribution in [3.8, 4) is 11.5 Å². The topological polar surface area (TPSA) is 46.3 Å². The van der Waals surface area contributed by atoms with Gasteiger partial charge in [0.25, 0.3) is 0 Å². The minimum atomic E-state index is 0.103. The van der Waals surface area contributed by atoms with Crippen molar-refractivity contribution in [3.63, 3.8) is 0 Å². The fraction of sp³-hybridized carbons (Fsp3) is 0.200. The summed E-state index contributed by atoms with van der Waals surface area (Å²) in [6, 6.07) is 22.4. The highest BCUT2D eigenvalue weighted by atomic mass is 35.5. The van der Waals surface area contributed by atoms with E-state index in [-0.39, 0.29) is 6.04 Å². The Hall–Kier alpha value is -2.95. The molecule has 2 N–H and O–H groups in total. The minimum Gasteiger partial charge on any atom is -0.497 e. The maximum absolute atomic E-state index is 6.04. The smallest absolute Gasteiger partial charge is 0.120 e. The predicted molar refractivity (Wildman–Crippen MR) is 121 cm³/mol. The van der Waals surface area contributed by atoms with Gasteiger partial charge in [-0.15, -0.1) is 0 Å². The molecule has 4 nitrogen and oxygen atoms in total. The number of fused-ring (bicyclic) bond motifs is 3. The molecule has 1 unspecified atom stereocenters. The molecule has 30 heavy (non-hydrogen) atoms. The van der Waals surface area contributed by atoms with Gasteiger partial charge in [0.2, 0.25) is 0 Å². The second-order valence-electron chi connectivity index (χ2n) is 7.55. The van der Waals surface area contributed by atoms with Crippen molar-refractivity contribution >= 4 is 22.5 Å². The molecule has 1 atom stereocenters. The zero-order valence-electron chi connectivity index (χ0n) is 16.7.